The molecule has 0 radical (unpaired) electrons. The fourth-order valence-electron chi connectivity index (χ4n) is 2.20. The molecule has 3 N–H and O–H groups in total. The molecule has 28 heavy (non-hydrogen) atoms. The van der Waals surface area contributed by atoms with Gasteiger partial charge in [0.15, 0.2) is 0 Å². The molecule has 0 aliphatic heterocycles. The molecule has 0 aliphatic carbocycles. The van der Waals surface area contributed by atoms with E-state index in [1.807, 2.05) is 0 Å². The Morgan fingerprint density at radius 1 is 1.00 bits per heavy atom. The maximum absolute atomic E-state index is 12.2. The zero-order valence-electron chi connectivity index (χ0n) is 14.9. The van der Waals surface area contributed by atoms with Crippen molar-refractivity contribution in [3.05, 3.63) is 64.1 Å². The molecule has 0 saturated heterocycles. The molecule has 0 bridgehead atoms. The first kappa shape index (κ1) is 21.6. The van der Waals surface area contributed by atoms with Crippen molar-refractivity contribution in [2.24, 2.45) is 0 Å². The van der Waals surface area contributed by atoms with Crippen LogP contribution in [0.2, 0.25) is 0 Å². The molecule has 2 aromatic carbocycles. The number of nitrogens with one attached hydrogen (secondary N) is 3. The number of carbonyl (C=O) groups excluding carboxylic acids is 2. The standard InChI is InChI=1S/C19H20BrF2N3O3/c20-15-6-4-14(5-7-15)18(26)23-8-9-24-19(27)25-11-13-2-1-3-16(10-13)28-12-17(21)22/h1-7,10,17H,8-9,11-12H2,(H,23,26)(H2,24,25,27). The van der Waals surface area contributed by atoms with Crippen molar-refractivity contribution in [3.8, 4) is 5.75 Å². The summed E-state index contributed by atoms with van der Waals surface area (Å²) in [6, 6.07) is 13.1. The number of amides is 3. The molecule has 9 heteroatoms. The predicted molar refractivity (Wildman–Crippen MR) is 105 cm³/mol. The minimum absolute atomic E-state index is 0.211. The van der Waals surface area contributed by atoms with Crippen LogP contribution in [0.25, 0.3) is 0 Å². The molecular weight excluding hydrogens is 436 g/mol. The largest absolute Gasteiger partial charge is 0.488 e. The van der Waals surface area contributed by atoms with Gasteiger partial charge in [0.05, 0.1) is 0 Å². The van der Waals surface area contributed by atoms with E-state index in [0.29, 0.717) is 16.9 Å². The third-order valence-electron chi connectivity index (χ3n) is 3.53. The van der Waals surface area contributed by atoms with Crippen LogP contribution in [0.1, 0.15) is 15.9 Å². The Kier molecular flexibility index (Phi) is 8.67. The molecule has 6 nitrogen and oxygen atoms in total. The predicted octanol–water partition coefficient (Wildman–Crippen LogP) is 3.32. The van der Waals surface area contributed by atoms with Crippen LogP contribution in [0.5, 0.6) is 5.75 Å². The molecule has 0 aromatic heterocycles. The quantitative estimate of drug-likeness (QED) is 0.507. The SMILES string of the molecule is O=C(NCCNC(=O)c1ccc(Br)cc1)NCc1cccc(OCC(F)F)c1. The maximum Gasteiger partial charge on any atom is 0.315 e. The fraction of sp³-hybridized carbons (Fsp3) is 0.263. The number of ether oxygens (including phenoxy) is 1. The summed E-state index contributed by atoms with van der Waals surface area (Å²) in [6.07, 6.45) is -2.54. The van der Waals surface area contributed by atoms with Crippen molar-refractivity contribution in [1.29, 1.82) is 0 Å². The summed E-state index contributed by atoms with van der Waals surface area (Å²) >= 11 is 3.30. The molecule has 2 rings (SSSR count). The topological polar surface area (TPSA) is 79.5 Å². The van der Waals surface area contributed by atoms with Gasteiger partial charge in [0, 0.05) is 29.7 Å². The summed E-state index contributed by atoms with van der Waals surface area (Å²) in [5, 5.41) is 7.97. The normalized spacial score (nSPS) is 10.4. The molecule has 3 amide bonds. The highest BCUT2D eigenvalue weighted by Gasteiger charge is 2.06. The summed E-state index contributed by atoms with van der Waals surface area (Å²) in [7, 11) is 0. The minimum Gasteiger partial charge on any atom is -0.488 e. The molecule has 0 aliphatic rings. The Bertz CT molecular complexity index is 788. The summed E-state index contributed by atoms with van der Waals surface area (Å²) in [6.45, 7) is 0.0667. The van der Waals surface area contributed by atoms with Crippen molar-refractivity contribution in [1.82, 2.24) is 16.0 Å². The van der Waals surface area contributed by atoms with Gasteiger partial charge in [-0.2, -0.15) is 0 Å². The summed E-state index contributed by atoms with van der Waals surface area (Å²) in [5.74, 6) is 0.0889. The molecular formula is C19H20BrF2N3O3. The number of urea groups is 1. The molecule has 0 saturated carbocycles. The molecule has 0 unspecified atom stereocenters. The summed E-state index contributed by atoms with van der Waals surface area (Å²) < 4.78 is 30.2. The van der Waals surface area contributed by atoms with Crippen LogP contribution in [-0.4, -0.2) is 38.1 Å². The van der Waals surface area contributed by atoms with E-state index < -0.39 is 19.1 Å². The van der Waals surface area contributed by atoms with Gasteiger partial charge < -0.3 is 20.7 Å². The molecule has 0 heterocycles. The lowest BCUT2D eigenvalue weighted by molar-refractivity contribution is 0.0818. The van der Waals surface area contributed by atoms with E-state index in [2.05, 4.69) is 31.9 Å². The number of halogens is 3. The number of benzene rings is 2. The number of hydrogen-bond acceptors (Lipinski definition) is 3. The molecule has 150 valence electrons. The van der Waals surface area contributed by atoms with E-state index >= 15 is 0 Å². The van der Waals surface area contributed by atoms with Gasteiger partial charge in [-0.15, -0.1) is 0 Å². The lowest BCUT2D eigenvalue weighted by atomic mass is 10.2. The third-order valence-corrected chi connectivity index (χ3v) is 4.06. The first-order valence-electron chi connectivity index (χ1n) is 8.49. The van der Waals surface area contributed by atoms with Gasteiger partial charge in [-0.05, 0) is 42.0 Å². The van der Waals surface area contributed by atoms with E-state index in [-0.39, 0.29) is 25.5 Å². The van der Waals surface area contributed by atoms with Crippen molar-refractivity contribution < 1.29 is 23.1 Å². The van der Waals surface area contributed by atoms with Crippen molar-refractivity contribution >= 4 is 27.9 Å². The van der Waals surface area contributed by atoms with Crippen LogP contribution in [0, 0.1) is 0 Å². The molecule has 2 aromatic rings. The van der Waals surface area contributed by atoms with Crippen LogP contribution >= 0.6 is 15.9 Å². The zero-order chi connectivity index (χ0) is 20.4. The Morgan fingerprint density at radius 2 is 1.71 bits per heavy atom. The monoisotopic (exact) mass is 455 g/mol. The van der Waals surface area contributed by atoms with E-state index in [4.69, 9.17) is 4.74 Å². The lowest BCUT2D eigenvalue weighted by Crippen LogP contribution is -2.40. The van der Waals surface area contributed by atoms with Crippen LogP contribution < -0.4 is 20.7 Å². The van der Waals surface area contributed by atoms with Crippen LogP contribution in [0.3, 0.4) is 0 Å². The number of carbonyl (C=O) groups is 2. The number of rotatable bonds is 9. The number of hydrogen-bond donors (Lipinski definition) is 3. The second-order valence-corrected chi connectivity index (χ2v) is 6.64. The second kappa shape index (κ2) is 11.2. The molecule has 0 spiro atoms. The van der Waals surface area contributed by atoms with Crippen LogP contribution in [-0.2, 0) is 6.54 Å². The van der Waals surface area contributed by atoms with Gasteiger partial charge >= 0.3 is 6.03 Å². The fourth-order valence-corrected chi connectivity index (χ4v) is 2.47. The van der Waals surface area contributed by atoms with Crippen LogP contribution in [0.15, 0.2) is 53.0 Å². The second-order valence-electron chi connectivity index (χ2n) is 5.72. The van der Waals surface area contributed by atoms with Crippen LogP contribution in [0.4, 0.5) is 13.6 Å². The van der Waals surface area contributed by atoms with Gasteiger partial charge in [0.1, 0.15) is 12.4 Å². The van der Waals surface area contributed by atoms with E-state index in [1.54, 1.807) is 48.5 Å². The first-order chi connectivity index (χ1) is 13.4. The lowest BCUT2D eigenvalue weighted by Gasteiger charge is -2.10. The highest BCUT2D eigenvalue weighted by Crippen LogP contribution is 2.14. The van der Waals surface area contributed by atoms with Gasteiger partial charge in [-0.25, -0.2) is 13.6 Å². The van der Waals surface area contributed by atoms with Crippen molar-refractivity contribution in [3.63, 3.8) is 0 Å². The average molecular weight is 456 g/mol. The van der Waals surface area contributed by atoms with E-state index in [9.17, 15) is 18.4 Å². The highest BCUT2D eigenvalue weighted by atomic mass is 79.9. The Hall–Kier alpha value is -2.68. The Balaban J connectivity index is 1.65. The highest BCUT2D eigenvalue weighted by molar-refractivity contribution is 9.10. The molecule has 0 fully saturated rings. The first-order valence-corrected chi connectivity index (χ1v) is 9.28. The summed E-state index contributed by atoms with van der Waals surface area (Å²) in [4.78, 5) is 23.7. The Labute approximate surface area is 169 Å². The third kappa shape index (κ3) is 7.91. The van der Waals surface area contributed by atoms with E-state index in [1.165, 1.54) is 0 Å². The van der Waals surface area contributed by atoms with Crippen molar-refractivity contribution in [2.75, 3.05) is 19.7 Å². The van der Waals surface area contributed by atoms with Crippen molar-refractivity contribution in [2.45, 2.75) is 13.0 Å². The van der Waals surface area contributed by atoms with Gasteiger partial charge in [0.25, 0.3) is 12.3 Å². The number of alkyl halides is 2. The summed E-state index contributed by atoms with van der Waals surface area (Å²) in [5.41, 5.74) is 1.24. The average Bonchev–Trinajstić information content (AvgIpc) is 2.69. The smallest absolute Gasteiger partial charge is 0.315 e. The van der Waals surface area contributed by atoms with E-state index in [0.717, 1.165) is 4.47 Å². The zero-order valence-corrected chi connectivity index (χ0v) is 16.5. The minimum atomic E-state index is -2.54. The van der Waals surface area contributed by atoms with Gasteiger partial charge in [-0.1, -0.05) is 28.1 Å². The molecule has 0 atom stereocenters. The maximum atomic E-state index is 12.2. The van der Waals surface area contributed by atoms with Gasteiger partial charge in [-0.3, -0.25) is 4.79 Å². The Morgan fingerprint density at radius 3 is 2.43 bits per heavy atom. The van der Waals surface area contributed by atoms with Gasteiger partial charge in [0.2, 0.25) is 0 Å².